The molecule has 0 aromatic heterocycles. The van der Waals surface area contributed by atoms with E-state index < -0.39 is 0 Å². The molecule has 0 fully saturated rings. The normalized spacial score (nSPS) is 14.4. The van der Waals surface area contributed by atoms with Crippen molar-refractivity contribution in [3.05, 3.63) is 29.8 Å². The first-order valence-corrected chi connectivity index (χ1v) is 6.59. The second-order valence-electron chi connectivity index (χ2n) is 4.47. The number of carbonyl (C=O) groups is 1. The van der Waals surface area contributed by atoms with Gasteiger partial charge in [0.05, 0.1) is 20.3 Å². The summed E-state index contributed by atoms with van der Waals surface area (Å²) >= 11 is 0. The number of nitrogens with one attached hydrogen (secondary N) is 1. The maximum Gasteiger partial charge on any atom is 0.333 e. The van der Waals surface area contributed by atoms with Gasteiger partial charge >= 0.3 is 5.97 Å². The molecule has 0 spiro atoms. The molecule has 0 saturated heterocycles. The number of benzene rings is 1. The van der Waals surface area contributed by atoms with E-state index >= 15 is 0 Å². The number of ether oxygens (including phenoxy) is 3. The molecule has 5 heteroatoms. The summed E-state index contributed by atoms with van der Waals surface area (Å²) in [7, 11) is 1.37. The number of hydrogen-bond donors (Lipinski definition) is 1. The molecule has 1 aromatic rings. The molecule has 0 atom stereocenters. The number of anilines is 1. The first kappa shape index (κ1) is 14.2. The number of fused-ring (bicyclic) bond motifs is 1. The fourth-order valence-electron chi connectivity index (χ4n) is 1.84. The smallest absolute Gasteiger partial charge is 0.333 e. The van der Waals surface area contributed by atoms with Gasteiger partial charge in [-0.15, -0.1) is 0 Å². The third-order valence-electron chi connectivity index (χ3n) is 2.97. The van der Waals surface area contributed by atoms with Crippen molar-refractivity contribution in [3.8, 4) is 11.5 Å². The maximum absolute atomic E-state index is 11.2. The van der Waals surface area contributed by atoms with Crippen molar-refractivity contribution >= 4 is 11.7 Å². The van der Waals surface area contributed by atoms with Gasteiger partial charge < -0.3 is 19.5 Å². The van der Waals surface area contributed by atoms with E-state index in [2.05, 4.69) is 10.1 Å². The lowest BCUT2D eigenvalue weighted by Crippen LogP contribution is -2.05. The average molecular weight is 277 g/mol. The number of methoxy groups -OCH3 is 1. The largest absolute Gasteiger partial charge is 0.490 e. The van der Waals surface area contributed by atoms with Gasteiger partial charge in [-0.05, 0) is 19.1 Å². The van der Waals surface area contributed by atoms with Crippen LogP contribution in [0.15, 0.2) is 29.8 Å². The number of esters is 1. The van der Waals surface area contributed by atoms with Gasteiger partial charge in [0, 0.05) is 30.3 Å². The molecule has 0 aliphatic carbocycles. The lowest BCUT2D eigenvalue weighted by molar-refractivity contribution is -0.136. The fourth-order valence-corrected chi connectivity index (χ4v) is 1.84. The van der Waals surface area contributed by atoms with Gasteiger partial charge in [0.25, 0.3) is 0 Å². The zero-order valence-electron chi connectivity index (χ0n) is 11.8. The van der Waals surface area contributed by atoms with Crippen molar-refractivity contribution in [1.29, 1.82) is 0 Å². The van der Waals surface area contributed by atoms with Crippen molar-refractivity contribution in [3.63, 3.8) is 0 Å². The molecule has 2 rings (SSSR count). The Bertz CT molecular complexity index is 511. The van der Waals surface area contributed by atoms with Crippen molar-refractivity contribution in [2.75, 3.05) is 32.2 Å². The monoisotopic (exact) mass is 277 g/mol. The molecule has 1 aliphatic heterocycles. The minimum atomic E-state index is -0.314. The topological polar surface area (TPSA) is 56.8 Å². The van der Waals surface area contributed by atoms with Crippen molar-refractivity contribution in [1.82, 2.24) is 0 Å². The molecule has 5 nitrogen and oxygen atoms in total. The summed E-state index contributed by atoms with van der Waals surface area (Å²) in [5.74, 6) is 1.21. The zero-order chi connectivity index (χ0) is 14.4. The van der Waals surface area contributed by atoms with Gasteiger partial charge in [-0.3, -0.25) is 0 Å². The van der Waals surface area contributed by atoms with E-state index in [0.717, 1.165) is 23.6 Å². The fraction of sp³-hybridized carbons (Fsp3) is 0.400. The Morgan fingerprint density at radius 1 is 1.35 bits per heavy atom. The lowest BCUT2D eigenvalue weighted by atomic mass is 10.2. The highest BCUT2D eigenvalue weighted by atomic mass is 16.5. The second-order valence-corrected chi connectivity index (χ2v) is 4.47. The molecule has 0 bridgehead atoms. The van der Waals surface area contributed by atoms with E-state index in [-0.39, 0.29) is 5.97 Å². The molecule has 1 aliphatic rings. The van der Waals surface area contributed by atoms with Crippen LogP contribution in [0.2, 0.25) is 0 Å². The van der Waals surface area contributed by atoms with Crippen LogP contribution < -0.4 is 14.8 Å². The van der Waals surface area contributed by atoms with Crippen LogP contribution in [-0.4, -0.2) is 32.8 Å². The molecule has 0 unspecified atom stereocenters. The van der Waals surface area contributed by atoms with Crippen LogP contribution in [0.25, 0.3) is 0 Å². The van der Waals surface area contributed by atoms with Crippen LogP contribution in [0.3, 0.4) is 0 Å². The summed E-state index contributed by atoms with van der Waals surface area (Å²) in [6.45, 7) is 3.61. The molecule has 1 aromatic carbocycles. The van der Waals surface area contributed by atoms with Gasteiger partial charge in [-0.25, -0.2) is 4.79 Å². The molecule has 1 N–H and O–H groups in total. The minimum Gasteiger partial charge on any atom is -0.490 e. The lowest BCUT2D eigenvalue weighted by Gasteiger charge is -2.10. The van der Waals surface area contributed by atoms with Crippen molar-refractivity contribution < 1.29 is 19.0 Å². The zero-order valence-corrected chi connectivity index (χ0v) is 11.8. The summed E-state index contributed by atoms with van der Waals surface area (Å²) < 4.78 is 15.8. The Hall–Kier alpha value is -2.17. The predicted octanol–water partition coefficient (Wildman–Crippen LogP) is 2.38. The highest BCUT2D eigenvalue weighted by Gasteiger charge is 2.10. The summed E-state index contributed by atoms with van der Waals surface area (Å²) in [5, 5.41) is 3.21. The van der Waals surface area contributed by atoms with E-state index in [1.165, 1.54) is 7.11 Å². The van der Waals surface area contributed by atoms with Crippen molar-refractivity contribution in [2.24, 2.45) is 0 Å². The van der Waals surface area contributed by atoms with E-state index in [0.29, 0.717) is 25.3 Å². The van der Waals surface area contributed by atoms with Crippen LogP contribution in [0.5, 0.6) is 11.5 Å². The average Bonchev–Trinajstić information content (AvgIpc) is 2.71. The Morgan fingerprint density at radius 2 is 2.10 bits per heavy atom. The van der Waals surface area contributed by atoms with Gasteiger partial charge in [0.2, 0.25) is 0 Å². The SMILES string of the molecule is COC(=O)/C(C)=C/CNc1ccc2c(c1)OCCCO2. The molecule has 20 heavy (non-hydrogen) atoms. The van der Waals surface area contributed by atoms with E-state index in [1.54, 1.807) is 13.0 Å². The molecular weight excluding hydrogens is 258 g/mol. The first-order valence-electron chi connectivity index (χ1n) is 6.59. The van der Waals surface area contributed by atoms with Crippen LogP contribution in [0.4, 0.5) is 5.69 Å². The van der Waals surface area contributed by atoms with E-state index in [9.17, 15) is 4.79 Å². The third-order valence-corrected chi connectivity index (χ3v) is 2.97. The van der Waals surface area contributed by atoms with Gasteiger partial charge in [0.15, 0.2) is 11.5 Å². The maximum atomic E-state index is 11.2. The van der Waals surface area contributed by atoms with Crippen molar-refractivity contribution in [2.45, 2.75) is 13.3 Å². The highest BCUT2D eigenvalue weighted by Crippen LogP contribution is 2.32. The summed E-state index contributed by atoms with van der Waals surface area (Å²) in [6.07, 6.45) is 2.67. The molecule has 0 amide bonds. The molecular formula is C15H19NO4. The molecule has 108 valence electrons. The van der Waals surface area contributed by atoms with E-state index in [4.69, 9.17) is 9.47 Å². The number of hydrogen-bond acceptors (Lipinski definition) is 5. The van der Waals surface area contributed by atoms with Crippen LogP contribution in [-0.2, 0) is 9.53 Å². The standard InChI is InChI=1S/C15H19NO4/c1-11(15(17)18-2)6-7-16-12-4-5-13-14(10-12)20-9-3-8-19-13/h4-6,10,16H,3,7-9H2,1-2H3/b11-6+. The molecule has 0 radical (unpaired) electrons. The Balaban J connectivity index is 1.97. The summed E-state index contributed by atoms with van der Waals surface area (Å²) in [5.41, 5.74) is 1.50. The Morgan fingerprint density at radius 3 is 2.85 bits per heavy atom. The van der Waals surface area contributed by atoms with Gasteiger partial charge in [-0.1, -0.05) is 6.08 Å². The number of rotatable bonds is 4. The Kier molecular flexibility index (Phi) is 4.87. The highest BCUT2D eigenvalue weighted by molar-refractivity contribution is 5.87. The summed E-state index contributed by atoms with van der Waals surface area (Å²) in [6, 6.07) is 5.72. The van der Waals surface area contributed by atoms with Crippen LogP contribution in [0.1, 0.15) is 13.3 Å². The van der Waals surface area contributed by atoms with E-state index in [1.807, 2.05) is 18.2 Å². The van der Waals surface area contributed by atoms with Crippen LogP contribution in [0, 0.1) is 0 Å². The van der Waals surface area contributed by atoms with Gasteiger partial charge in [-0.2, -0.15) is 0 Å². The molecule has 1 heterocycles. The third kappa shape index (κ3) is 3.66. The quantitative estimate of drug-likeness (QED) is 0.676. The predicted molar refractivity (Wildman–Crippen MR) is 76.3 cm³/mol. The first-order chi connectivity index (χ1) is 9.70. The summed E-state index contributed by atoms with van der Waals surface area (Å²) in [4.78, 5) is 11.2. The minimum absolute atomic E-state index is 0.314. The number of carbonyl (C=O) groups excluding carboxylic acids is 1. The van der Waals surface area contributed by atoms with Crippen LogP contribution >= 0.6 is 0 Å². The van der Waals surface area contributed by atoms with Gasteiger partial charge in [0.1, 0.15) is 0 Å². The second kappa shape index (κ2) is 6.84. The molecule has 0 saturated carbocycles. The Labute approximate surface area is 118 Å².